The van der Waals surface area contributed by atoms with Gasteiger partial charge in [-0.2, -0.15) is 0 Å². The summed E-state index contributed by atoms with van der Waals surface area (Å²) in [6.07, 6.45) is 13.4. The molecule has 2 heteroatoms. The Hall–Kier alpha value is -0.140. The topological polar surface area (TPSA) is 0 Å². The van der Waals surface area contributed by atoms with Gasteiger partial charge in [0.1, 0.15) is 0 Å². The van der Waals surface area contributed by atoms with Crippen molar-refractivity contribution < 1.29 is 8.78 Å². The first-order chi connectivity index (χ1) is 10.5. The van der Waals surface area contributed by atoms with E-state index in [2.05, 4.69) is 13.8 Å². The molecule has 0 aromatic heterocycles. The predicted molar refractivity (Wildman–Crippen MR) is 90.3 cm³/mol. The van der Waals surface area contributed by atoms with Crippen molar-refractivity contribution in [1.82, 2.24) is 0 Å². The maximum atomic E-state index is 14.4. The van der Waals surface area contributed by atoms with Gasteiger partial charge in [-0.15, -0.1) is 0 Å². The van der Waals surface area contributed by atoms with Gasteiger partial charge in [0, 0.05) is 12.3 Å². The molecule has 0 radical (unpaired) electrons. The normalized spacial score (nSPS) is 29.5. The molecule has 2 fully saturated rings. The van der Waals surface area contributed by atoms with Crippen molar-refractivity contribution >= 4 is 0 Å². The van der Waals surface area contributed by atoms with Gasteiger partial charge in [0.15, 0.2) is 0 Å². The van der Waals surface area contributed by atoms with Crippen molar-refractivity contribution in [2.45, 2.75) is 103 Å². The zero-order chi connectivity index (χ0) is 16.0. The number of rotatable bonds is 7. The molecule has 0 aromatic rings. The first-order valence-corrected chi connectivity index (χ1v) is 9.90. The van der Waals surface area contributed by atoms with Gasteiger partial charge in [-0.05, 0) is 49.9 Å². The average Bonchev–Trinajstić information content (AvgIpc) is 2.54. The second-order valence-corrected chi connectivity index (χ2v) is 8.18. The Morgan fingerprint density at radius 3 is 2.18 bits per heavy atom. The van der Waals surface area contributed by atoms with Gasteiger partial charge in [0.05, 0.1) is 0 Å². The van der Waals surface area contributed by atoms with E-state index in [4.69, 9.17) is 0 Å². The third-order valence-electron chi connectivity index (χ3n) is 6.53. The molecule has 0 saturated heterocycles. The van der Waals surface area contributed by atoms with Crippen molar-refractivity contribution in [3.05, 3.63) is 0 Å². The number of halogens is 2. The molecule has 0 amide bonds. The monoisotopic (exact) mass is 314 g/mol. The molecule has 0 N–H and O–H groups in total. The van der Waals surface area contributed by atoms with Crippen molar-refractivity contribution in [1.29, 1.82) is 0 Å². The number of hydrogen-bond donors (Lipinski definition) is 0. The van der Waals surface area contributed by atoms with Crippen molar-refractivity contribution in [3.8, 4) is 0 Å². The van der Waals surface area contributed by atoms with Crippen molar-refractivity contribution in [3.63, 3.8) is 0 Å². The van der Waals surface area contributed by atoms with Crippen LogP contribution in [0.1, 0.15) is 97.3 Å². The molecule has 0 aliphatic heterocycles. The number of hydrogen-bond acceptors (Lipinski definition) is 0. The second-order valence-electron chi connectivity index (χ2n) is 8.18. The van der Waals surface area contributed by atoms with Gasteiger partial charge < -0.3 is 0 Å². The summed E-state index contributed by atoms with van der Waals surface area (Å²) in [5, 5.41) is 0. The first-order valence-electron chi connectivity index (χ1n) is 9.90. The second kappa shape index (κ2) is 8.64. The lowest BCUT2D eigenvalue weighted by Crippen LogP contribution is -2.31. The minimum atomic E-state index is -2.41. The molecule has 2 saturated carbocycles. The van der Waals surface area contributed by atoms with Crippen LogP contribution in [0.5, 0.6) is 0 Å². The van der Waals surface area contributed by atoms with E-state index in [1.54, 1.807) is 0 Å². The maximum Gasteiger partial charge on any atom is 0.250 e. The van der Waals surface area contributed by atoms with Crippen LogP contribution in [0.2, 0.25) is 0 Å². The molecule has 2 aliphatic carbocycles. The van der Waals surface area contributed by atoms with E-state index in [0.29, 0.717) is 11.8 Å². The predicted octanol–water partition coefficient (Wildman–Crippen LogP) is 7.22. The van der Waals surface area contributed by atoms with E-state index >= 15 is 0 Å². The molecule has 2 rings (SSSR count). The van der Waals surface area contributed by atoms with E-state index in [1.165, 1.54) is 38.5 Å². The van der Waals surface area contributed by atoms with Gasteiger partial charge in [-0.3, -0.25) is 0 Å². The van der Waals surface area contributed by atoms with Gasteiger partial charge in [-0.25, -0.2) is 8.78 Å². The van der Waals surface area contributed by atoms with Crippen molar-refractivity contribution in [2.75, 3.05) is 0 Å². The highest BCUT2D eigenvalue weighted by atomic mass is 19.3. The van der Waals surface area contributed by atoms with Crippen LogP contribution in [0.15, 0.2) is 0 Å². The standard InChI is InChI=1S/C20H36F2/c1-3-7-17-10-12-18(13-11-17)16(2)14-15-20(21,22)19-8-5-4-6-9-19/h16-19H,3-15H2,1-2H3. The van der Waals surface area contributed by atoms with Gasteiger partial charge in [-0.1, -0.05) is 58.8 Å². The van der Waals surface area contributed by atoms with Gasteiger partial charge in [0.2, 0.25) is 0 Å². The Kier molecular flexibility index (Phi) is 7.15. The molecule has 2 aliphatic rings. The Morgan fingerprint density at radius 1 is 0.955 bits per heavy atom. The Balaban J connectivity index is 1.71. The highest BCUT2D eigenvalue weighted by Gasteiger charge is 2.40. The quantitative estimate of drug-likeness (QED) is 0.465. The zero-order valence-corrected chi connectivity index (χ0v) is 14.8. The SMILES string of the molecule is CCCC1CCC(C(C)CCC(F)(F)C2CCCCC2)CC1. The summed E-state index contributed by atoms with van der Waals surface area (Å²) in [6, 6.07) is 0. The lowest BCUT2D eigenvalue weighted by atomic mass is 9.73. The maximum absolute atomic E-state index is 14.4. The summed E-state index contributed by atoms with van der Waals surface area (Å²) in [4.78, 5) is 0. The van der Waals surface area contributed by atoms with E-state index in [0.717, 1.165) is 44.4 Å². The molecular formula is C20H36F2. The Morgan fingerprint density at radius 2 is 1.59 bits per heavy atom. The van der Waals surface area contributed by atoms with E-state index in [-0.39, 0.29) is 12.3 Å². The first kappa shape index (κ1) is 18.2. The summed E-state index contributed by atoms with van der Waals surface area (Å²) in [6.45, 7) is 4.49. The molecule has 1 unspecified atom stereocenters. The van der Waals surface area contributed by atoms with Crippen LogP contribution in [0, 0.1) is 23.7 Å². The zero-order valence-electron chi connectivity index (χ0n) is 14.8. The highest BCUT2D eigenvalue weighted by Crippen LogP contribution is 2.42. The average molecular weight is 315 g/mol. The van der Waals surface area contributed by atoms with Crippen LogP contribution >= 0.6 is 0 Å². The smallest absolute Gasteiger partial charge is 0.207 e. The lowest BCUT2D eigenvalue weighted by molar-refractivity contribution is -0.0824. The molecule has 22 heavy (non-hydrogen) atoms. The van der Waals surface area contributed by atoms with Gasteiger partial charge >= 0.3 is 0 Å². The van der Waals surface area contributed by atoms with Crippen LogP contribution in [-0.4, -0.2) is 5.92 Å². The molecule has 0 bridgehead atoms. The Labute approximate surface area is 136 Å². The fraction of sp³-hybridized carbons (Fsp3) is 1.00. The molecule has 130 valence electrons. The van der Waals surface area contributed by atoms with Crippen molar-refractivity contribution in [2.24, 2.45) is 23.7 Å². The van der Waals surface area contributed by atoms with Crippen LogP contribution in [-0.2, 0) is 0 Å². The van der Waals surface area contributed by atoms with Crippen LogP contribution in [0.3, 0.4) is 0 Å². The largest absolute Gasteiger partial charge is 0.250 e. The molecule has 0 nitrogen and oxygen atoms in total. The molecule has 0 heterocycles. The number of alkyl halides is 2. The summed E-state index contributed by atoms with van der Waals surface area (Å²) in [7, 11) is 0. The molecule has 1 atom stereocenters. The third kappa shape index (κ3) is 5.20. The molecule has 0 aromatic carbocycles. The molecule has 0 spiro atoms. The molecular weight excluding hydrogens is 278 g/mol. The summed E-state index contributed by atoms with van der Waals surface area (Å²) < 4.78 is 28.8. The summed E-state index contributed by atoms with van der Waals surface area (Å²) in [5.74, 6) is -0.633. The fourth-order valence-corrected chi connectivity index (χ4v) is 4.84. The van der Waals surface area contributed by atoms with E-state index in [9.17, 15) is 8.78 Å². The van der Waals surface area contributed by atoms with E-state index in [1.807, 2.05) is 0 Å². The van der Waals surface area contributed by atoms with E-state index < -0.39 is 5.92 Å². The minimum Gasteiger partial charge on any atom is -0.207 e. The van der Waals surface area contributed by atoms with Crippen LogP contribution in [0.25, 0.3) is 0 Å². The van der Waals surface area contributed by atoms with Crippen LogP contribution < -0.4 is 0 Å². The van der Waals surface area contributed by atoms with Crippen LogP contribution in [0.4, 0.5) is 8.78 Å². The fourth-order valence-electron chi connectivity index (χ4n) is 4.84. The van der Waals surface area contributed by atoms with Gasteiger partial charge in [0.25, 0.3) is 5.92 Å². The third-order valence-corrected chi connectivity index (χ3v) is 6.53. The Bertz CT molecular complexity index is 299. The highest BCUT2D eigenvalue weighted by molar-refractivity contribution is 4.82. The lowest BCUT2D eigenvalue weighted by Gasteiger charge is -2.34. The minimum absolute atomic E-state index is 0.133. The summed E-state index contributed by atoms with van der Waals surface area (Å²) in [5.41, 5.74) is 0. The summed E-state index contributed by atoms with van der Waals surface area (Å²) >= 11 is 0.